The minimum atomic E-state index is -0.426. The highest BCUT2D eigenvalue weighted by Crippen LogP contribution is 2.07. The Morgan fingerprint density at radius 2 is 1.73 bits per heavy atom. The van der Waals surface area contributed by atoms with Gasteiger partial charge in [-0.1, -0.05) is 43.2 Å². The van der Waals surface area contributed by atoms with Crippen molar-refractivity contribution in [2.75, 3.05) is 0 Å². The number of nitrogens with one attached hydrogen (secondary N) is 1. The maximum absolute atomic E-state index is 11.9. The van der Waals surface area contributed by atoms with Crippen molar-refractivity contribution < 1.29 is 14.4 Å². The van der Waals surface area contributed by atoms with Gasteiger partial charge in [0.2, 0.25) is 5.91 Å². The first-order valence-corrected chi connectivity index (χ1v) is 7.79. The van der Waals surface area contributed by atoms with E-state index in [9.17, 15) is 14.4 Å². The van der Waals surface area contributed by atoms with Crippen molar-refractivity contribution in [3.8, 4) is 0 Å². The first-order valence-electron chi connectivity index (χ1n) is 7.79. The summed E-state index contributed by atoms with van der Waals surface area (Å²) in [6.07, 6.45) is 2.16. The summed E-state index contributed by atoms with van der Waals surface area (Å²) in [6.45, 7) is 5.44. The van der Waals surface area contributed by atoms with Crippen LogP contribution >= 0.6 is 0 Å². The molecule has 0 aliphatic carbocycles. The standard InChI is InChI=1S/C18H25NO3/c1-4-5-17(14(3)20)19-18(22)11-10-16(21)12-15-8-6-13(2)7-9-15/h6-9,17H,4-5,10-12H2,1-3H3,(H,19,22)/t17-/m0/s1. The fourth-order valence-corrected chi connectivity index (χ4v) is 2.21. The van der Waals surface area contributed by atoms with Gasteiger partial charge in [-0.3, -0.25) is 14.4 Å². The van der Waals surface area contributed by atoms with Crippen molar-refractivity contribution in [1.29, 1.82) is 0 Å². The molecule has 0 heterocycles. The molecule has 0 radical (unpaired) electrons. The van der Waals surface area contributed by atoms with E-state index in [0.29, 0.717) is 12.8 Å². The van der Waals surface area contributed by atoms with Crippen LogP contribution in [0.15, 0.2) is 24.3 Å². The summed E-state index contributed by atoms with van der Waals surface area (Å²) >= 11 is 0. The molecule has 1 aromatic rings. The Labute approximate surface area is 132 Å². The molecule has 0 bridgehead atoms. The Bertz CT molecular complexity index is 520. The molecule has 1 rings (SSSR count). The average Bonchev–Trinajstić information content (AvgIpc) is 2.47. The van der Waals surface area contributed by atoms with Gasteiger partial charge in [-0.05, 0) is 25.8 Å². The molecule has 0 saturated heterocycles. The first-order chi connectivity index (χ1) is 10.4. The lowest BCUT2D eigenvalue weighted by Gasteiger charge is -2.14. The summed E-state index contributed by atoms with van der Waals surface area (Å²) < 4.78 is 0. The van der Waals surface area contributed by atoms with E-state index in [-0.39, 0.29) is 30.3 Å². The van der Waals surface area contributed by atoms with Crippen molar-refractivity contribution >= 4 is 17.5 Å². The molecule has 1 N–H and O–H groups in total. The average molecular weight is 303 g/mol. The third kappa shape index (κ3) is 6.66. The van der Waals surface area contributed by atoms with Gasteiger partial charge < -0.3 is 5.32 Å². The molecule has 4 heteroatoms. The van der Waals surface area contributed by atoms with E-state index in [1.807, 2.05) is 38.1 Å². The van der Waals surface area contributed by atoms with E-state index in [4.69, 9.17) is 0 Å². The molecule has 120 valence electrons. The zero-order chi connectivity index (χ0) is 16.5. The number of rotatable bonds is 9. The summed E-state index contributed by atoms with van der Waals surface area (Å²) in [6, 6.07) is 7.38. The SMILES string of the molecule is CCC[C@H](NC(=O)CCC(=O)Cc1ccc(C)cc1)C(C)=O. The molecule has 0 saturated carbocycles. The molecule has 22 heavy (non-hydrogen) atoms. The number of ketones is 2. The van der Waals surface area contributed by atoms with Crippen LogP contribution in [-0.2, 0) is 20.8 Å². The first kappa shape index (κ1) is 18.1. The van der Waals surface area contributed by atoms with Gasteiger partial charge in [0.15, 0.2) is 5.78 Å². The van der Waals surface area contributed by atoms with Crippen molar-refractivity contribution in [1.82, 2.24) is 5.32 Å². The Kier molecular flexibility index (Phi) is 7.50. The van der Waals surface area contributed by atoms with E-state index < -0.39 is 6.04 Å². The molecule has 1 atom stereocenters. The topological polar surface area (TPSA) is 63.2 Å². The third-order valence-corrected chi connectivity index (χ3v) is 3.56. The maximum Gasteiger partial charge on any atom is 0.221 e. The third-order valence-electron chi connectivity index (χ3n) is 3.56. The summed E-state index contributed by atoms with van der Waals surface area (Å²) in [7, 11) is 0. The van der Waals surface area contributed by atoms with E-state index >= 15 is 0 Å². The molecule has 0 aliphatic heterocycles. The number of benzene rings is 1. The van der Waals surface area contributed by atoms with Gasteiger partial charge in [0, 0.05) is 19.3 Å². The lowest BCUT2D eigenvalue weighted by atomic mass is 10.0. The van der Waals surface area contributed by atoms with Crippen LogP contribution in [0.1, 0.15) is 50.7 Å². The summed E-state index contributed by atoms with van der Waals surface area (Å²) in [5.41, 5.74) is 2.12. The zero-order valence-electron chi connectivity index (χ0n) is 13.6. The van der Waals surface area contributed by atoms with Gasteiger partial charge in [0.1, 0.15) is 5.78 Å². The van der Waals surface area contributed by atoms with Crippen LogP contribution in [0.3, 0.4) is 0 Å². The van der Waals surface area contributed by atoms with Crippen LogP contribution in [0, 0.1) is 6.92 Å². The molecule has 4 nitrogen and oxygen atoms in total. The second kappa shape index (κ2) is 9.13. The predicted octanol–water partition coefficient (Wildman–Crippen LogP) is 2.76. The van der Waals surface area contributed by atoms with Gasteiger partial charge in [-0.25, -0.2) is 0 Å². The molecular formula is C18H25NO3. The molecule has 0 aromatic heterocycles. The van der Waals surface area contributed by atoms with Crippen molar-refractivity contribution in [2.45, 2.75) is 58.9 Å². The Morgan fingerprint density at radius 1 is 1.09 bits per heavy atom. The van der Waals surface area contributed by atoms with Crippen LogP contribution in [-0.4, -0.2) is 23.5 Å². The molecule has 1 amide bonds. The predicted molar refractivity (Wildman–Crippen MR) is 86.6 cm³/mol. The number of hydrogen-bond donors (Lipinski definition) is 1. The van der Waals surface area contributed by atoms with Crippen molar-refractivity contribution in [3.05, 3.63) is 35.4 Å². The van der Waals surface area contributed by atoms with Gasteiger partial charge in [0.25, 0.3) is 0 Å². The van der Waals surface area contributed by atoms with Crippen LogP contribution in [0.2, 0.25) is 0 Å². The summed E-state index contributed by atoms with van der Waals surface area (Å²) in [4.78, 5) is 35.1. The molecular weight excluding hydrogens is 278 g/mol. The minimum Gasteiger partial charge on any atom is -0.346 e. The number of aryl methyl sites for hydroxylation is 1. The molecule has 0 unspecified atom stereocenters. The second-order valence-corrected chi connectivity index (χ2v) is 5.72. The number of amides is 1. The largest absolute Gasteiger partial charge is 0.346 e. The molecule has 0 fully saturated rings. The maximum atomic E-state index is 11.9. The van der Waals surface area contributed by atoms with Crippen LogP contribution in [0.25, 0.3) is 0 Å². The highest BCUT2D eigenvalue weighted by molar-refractivity contribution is 5.90. The van der Waals surface area contributed by atoms with Gasteiger partial charge >= 0.3 is 0 Å². The van der Waals surface area contributed by atoms with Crippen molar-refractivity contribution in [3.63, 3.8) is 0 Å². The number of hydrogen-bond acceptors (Lipinski definition) is 3. The summed E-state index contributed by atoms with van der Waals surface area (Å²) in [5.74, 6) is -0.235. The Morgan fingerprint density at radius 3 is 2.27 bits per heavy atom. The highest BCUT2D eigenvalue weighted by Gasteiger charge is 2.16. The van der Waals surface area contributed by atoms with E-state index in [2.05, 4.69) is 5.32 Å². The van der Waals surface area contributed by atoms with E-state index in [0.717, 1.165) is 17.5 Å². The van der Waals surface area contributed by atoms with Crippen LogP contribution in [0.5, 0.6) is 0 Å². The Hall–Kier alpha value is -1.97. The Balaban J connectivity index is 2.38. The number of carbonyl (C=O) groups excluding carboxylic acids is 3. The van der Waals surface area contributed by atoms with Gasteiger partial charge in [-0.15, -0.1) is 0 Å². The van der Waals surface area contributed by atoms with E-state index in [1.54, 1.807) is 0 Å². The van der Waals surface area contributed by atoms with Crippen LogP contribution < -0.4 is 5.32 Å². The zero-order valence-corrected chi connectivity index (χ0v) is 13.6. The quantitative estimate of drug-likeness (QED) is 0.763. The number of carbonyl (C=O) groups is 3. The molecule has 0 aliphatic rings. The van der Waals surface area contributed by atoms with Crippen LogP contribution in [0.4, 0.5) is 0 Å². The van der Waals surface area contributed by atoms with Gasteiger partial charge in [-0.2, -0.15) is 0 Å². The fourth-order valence-electron chi connectivity index (χ4n) is 2.21. The van der Waals surface area contributed by atoms with Gasteiger partial charge in [0.05, 0.1) is 6.04 Å². The normalized spacial score (nSPS) is 11.8. The molecule has 1 aromatic carbocycles. The molecule has 0 spiro atoms. The number of Topliss-reactive ketones (excluding diaryl/α,β-unsaturated/α-hetero) is 2. The fraction of sp³-hybridized carbons (Fsp3) is 0.500. The lowest BCUT2D eigenvalue weighted by molar-refractivity contribution is -0.128. The highest BCUT2D eigenvalue weighted by atomic mass is 16.2. The van der Waals surface area contributed by atoms with E-state index in [1.165, 1.54) is 6.92 Å². The second-order valence-electron chi connectivity index (χ2n) is 5.72. The lowest BCUT2D eigenvalue weighted by Crippen LogP contribution is -2.39. The monoisotopic (exact) mass is 303 g/mol. The minimum absolute atomic E-state index is 0.0360. The summed E-state index contributed by atoms with van der Waals surface area (Å²) in [5, 5.41) is 2.70. The smallest absolute Gasteiger partial charge is 0.221 e. The van der Waals surface area contributed by atoms with Crippen molar-refractivity contribution in [2.24, 2.45) is 0 Å².